The van der Waals surface area contributed by atoms with Gasteiger partial charge in [-0.2, -0.15) is 0 Å². The lowest BCUT2D eigenvalue weighted by atomic mass is 9.93. The lowest BCUT2D eigenvalue weighted by Crippen LogP contribution is -2.11. The lowest BCUT2D eigenvalue weighted by Gasteiger charge is -2.16. The molecule has 0 aliphatic heterocycles. The molecule has 0 saturated carbocycles. The van der Waals surface area contributed by atoms with Crippen molar-refractivity contribution in [3.05, 3.63) is 35.4 Å². The third-order valence-electron chi connectivity index (χ3n) is 2.40. The number of aliphatic hydroxyl groups is 1. The maximum Gasteiger partial charge on any atom is 0.0578 e. The van der Waals surface area contributed by atoms with Gasteiger partial charge in [0.1, 0.15) is 0 Å². The topological polar surface area (TPSA) is 20.2 Å². The summed E-state index contributed by atoms with van der Waals surface area (Å²) in [7, 11) is 0. The molecule has 0 aromatic heterocycles. The fourth-order valence-electron chi connectivity index (χ4n) is 1.36. The summed E-state index contributed by atoms with van der Waals surface area (Å²) < 4.78 is 0. The number of benzene rings is 1. The Kier molecular flexibility index (Phi) is 2.88. The highest BCUT2D eigenvalue weighted by molar-refractivity contribution is 5.29. The zero-order valence-electron chi connectivity index (χ0n) is 7.91. The maximum absolute atomic E-state index is 9.40. The van der Waals surface area contributed by atoms with E-state index < -0.39 is 0 Å². The van der Waals surface area contributed by atoms with Gasteiger partial charge in [-0.1, -0.05) is 31.2 Å². The van der Waals surface area contributed by atoms with Crippen LogP contribution in [-0.4, -0.2) is 11.2 Å². The molecule has 1 aromatic rings. The van der Waals surface area contributed by atoms with E-state index in [1.165, 1.54) is 11.1 Å². The Morgan fingerprint density at radius 1 is 1.17 bits per heavy atom. The molecule has 0 aliphatic rings. The Labute approximate surface area is 74.1 Å². The lowest BCUT2D eigenvalue weighted by molar-refractivity contribution is 0.168. The Balaban J connectivity index is 2.94. The highest BCUT2D eigenvalue weighted by Crippen LogP contribution is 2.21. The van der Waals surface area contributed by atoms with E-state index in [2.05, 4.69) is 19.1 Å². The first-order valence-corrected chi connectivity index (χ1v) is 4.36. The number of aliphatic hydroxyl groups excluding tert-OH is 1. The normalized spacial score (nSPS) is 15.7. The van der Waals surface area contributed by atoms with E-state index in [9.17, 15) is 5.11 Å². The van der Waals surface area contributed by atoms with Gasteiger partial charge in [-0.05, 0) is 25.0 Å². The van der Waals surface area contributed by atoms with Crippen molar-refractivity contribution in [2.45, 2.75) is 32.8 Å². The summed E-state index contributed by atoms with van der Waals surface area (Å²) in [6.07, 6.45) is -0.272. The molecule has 0 radical (unpaired) electrons. The van der Waals surface area contributed by atoms with Gasteiger partial charge in [0.25, 0.3) is 0 Å². The molecule has 1 rings (SSSR count). The summed E-state index contributed by atoms with van der Waals surface area (Å²) in [4.78, 5) is 0. The molecule has 1 N–H and O–H groups in total. The molecule has 0 heterocycles. The zero-order valence-corrected chi connectivity index (χ0v) is 7.91. The van der Waals surface area contributed by atoms with Crippen LogP contribution < -0.4 is 0 Å². The number of aryl methyl sites for hydroxylation is 1. The van der Waals surface area contributed by atoms with Gasteiger partial charge >= 0.3 is 0 Å². The van der Waals surface area contributed by atoms with Gasteiger partial charge in [-0.25, -0.2) is 0 Å². The van der Waals surface area contributed by atoms with Crippen LogP contribution in [0.4, 0.5) is 0 Å². The maximum atomic E-state index is 9.40. The Bertz CT molecular complexity index is 253. The average molecular weight is 164 g/mol. The molecular formula is C11H16O. The summed E-state index contributed by atoms with van der Waals surface area (Å²) in [5.74, 6) is 0.228. The zero-order chi connectivity index (χ0) is 9.14. The molecule has 1 nitrogen and oxygen atoms in total. The van der Waals surface area contributed by atoms with E-state index in [-0.39, 0.29) is 12.0 Å². The molecule has 0 unspecified atom stereocenters. The molecule has 0 fully saturated rings. The third kappa shape index (κ3) is 1.86. The smallest absolute Gasteiger partial charge is 0.0578 e. The van der Waals surface area contributed by atoms with Crippen molar-refractivity contribution in [3.8, 4) is 0 Å². The molecule has 1 heteroatoms. The van der Waals surface area contributed by atoms with Gasteiger partial charge in [0, 0.05) is 5.92 Å². The largest absolute Gasteiger partial charge is 0.393 e. The third-order valence-corrected chi connectivity index (χ3v) is 2.40. The van der Waals surface area contributed by atoms with E-state index in [0.29, 0.717) is 0 Å². The summed E-state index contributed by atoms with van der Waals surface area (Å²) in [6.45, 7) is 5.96. The van der Waals surface area contributed by atoms with Crippen molar-refractivity contribution < 1.29 is 5.11 Å². The highest BCUT2D eigenvalue weighted by atomic mass is 16.3. The van der Waals surface area contributed by atoms with Crippen molar-refractivity contribution in [2.24, 2.45) is 0 Å². The standard InChI is InChI=1S/C11H16O/c1-8-6-4-5-7-11(8)9(2)10(3)12/h4-7,9-10,12H,1-3H3/t9-,10-/m0/s1. The second-order valence-electron chi connectivity index (χ2n) is 3.39. The fourth-order valence-corrected chi connectivity index (χ4v) is 1.36. The molecule has 12 heavy (non-hydrogen) atoms. The van der Waals surface area contributed by atoms with Crippen LogP contribution in [0, 0.1) is 6.92 Å². The van der Waals surface area contributed by atoms with Crippen molar-refractivity contribution in [1.82, 2.24) is 0 Å². The van der Waals surface area contributed by atoms with E-state index in [0.717, 1.165) is 0 Å². The van der Waals surface area contributed by atoms with Crippen LogP contribution in [0.1, 0.15) is 30.9 Å². The van der Waals surface area contributed by atoms with Crippen LogP contribution in [0.25, 0.3) is 0 Å². The van der Waals surface area contributed by atoms with Gasteiger partial charge in [-0.15, -0.1) is 0 Å². The summed E-state index contributed by atoms with van der Waals surface area (Å²) in [6, 6.07) is 8.19. The minimum atomic E-state index is -0.272. The van der Waals surface area contributed by atoms with Crippen molar-refractivity contribution in [1.29, 1.82) is 0 Å². The Hall–Kier alpha value is -0.820. The van der Waals surface area contributed by atoms with Crippen molar-refractivity contribution in [2.75, 3.05) is 0 Å². The van der Waals surface area contributed by atoms with Gasteiger partial charge in [0.15, 0.2) is 0 Å². The van der Waals surface area contributed by atoms with Gasteiger partial charge in [0.05, 0.1) is 6.10 Å². The summed E-state index contributed by atoms with van der Waals surface area (Å²) in [5, 5.41) is 9.40. The molecule has 0 saturated heterocycles. The fraction of sp³-hybridized carbons (Fsp3) is 0.455. The highest BCUT2D eigenvalue weighted by Gasteiger charge is 2.12. The van der Waals surface area contributed by atoms with Crippen molar-refractivity contribution >= 4 is 0 Å². The Morgan fingerprint density at radius 2 is 1.75 bits per heavy atom. The molecule has 2 atom stereocenters. The van der Waals surface area contributed by atoms with Crippen LogP contribution >= 0.6 is 0 Å². The van der Waals surface area contributed by atoms with Crippen molar-refractivity contribution in [3.63, 3.8) is 0 Å². The quantitative estimate of drug-likeness (QED) is 0.712. The van der Waals surface area contributed by atoms with Crippen LogP contribution in [0.15, 0.2) is 24.3 Å². The average Bonchev–Trinajstić information content (AvgIpc) is 2.04. The summed E-state index contributed by atoms with van der Waals surface area (Å²) >= 11 is 0. The second-order valence-corrected chi connectivity index (χ2v) is 3.39. The van der Waals surface area contributed by atoms with Gasteiger partial charge < -0.3 is 5.11 Å². The van der Waals surface area contributed by atoms with Crippen LogP contribution in [0.3, 0.4) is 0 Å². The van der Waals surface area contributed by atoms with E-state index in [4.69, 9.17) is 0 Å². The molecule has 0 bridgehead atoms. The number of hydrogen-bond donors (Lipinski definition) is 1. The van der Waals surface area contributed by atoms with E-state index >= 15 is 0 Å². The molecule has 0 amide bonds. The molecule has 66 valence electrons. The number of hydrogen-bond acceptors (Lipinski definition) is 1. The van der Waals surface area contributed by atoms with Gasteiger partial charge in [0.2, 0.25) is 0 Å². The number of rotatable bonds is 2. The first-order chi connectivity index (χ1) is 5.63. The predicted octanol–water partition coefficient (Wildman–Crippen LogP) is 2.48. The molecule has 0 aliphatic carbocycles. The van der Waals surface area contributed by atoms with Crippen LogP contribution in [0.2, 0.25) is 0 Å². The second kappa shape index (κ2) is 3.72. The molecule has 1 aromatic carbocycles. The van der Waals surface area contributed by atoms with E-state index in [1.807, 2.05) is 26.0 Å². The summed E-state index contributed by atoms with van der Waals surface area (Å²) in [5.41, 5.74) is 2.50. The van der Waals surface area contributed by atoms with Crippen LogP contribution in [-0.2, 0) is 0 Å². The Morgan fingerprint density at radius 3 is 2.25 bits per heavy atom. The van der Waals surface area contributed by atoms with Gasteiger partial charge in [-0.3, -0.25) is 0 Å². The van der Waals surface area contributed by atoms with Crippen LogP contribution in [0.5, 0.6) is 0 Å². The SMILES string of the molecule is Cc1ccccc1[C@@H](C)[C@H](C)O. The minimum Gasteiger partial charge on any atom is -0.393 e. The first kappa shape index (κ1) is 9.27. The molecule has 0 spiro atoms. The predicted molar refractivity (Wildman–Crippen MR) is 51.3 cm³/mol. The minimum absolute atomic E-state index is 0.228. The van der Waals surface area contributed by atoms with E-state index in [1.54, 1.807) is 0 Å². The monoisotopic (exact) mass is 164 g/mol. The first-order valence-electron chi connectivity index (χ1n) is 4.36. The molecular weight excluding hydrogens is 148 g/mol.